The van der Waals surface area contributed by atoms with Crippen LogP contribution in [0.25, 0.3) is 0 Å². The van der Waals surface area contributed by atoms with Crippen molar-refractivity contribution in [2.24, 2.45) is 5.73 Å². The fourth-order valence-corrected chi connectivity index (χ4v) is 4.28. The molecule has 0 aromatic carbocycles. The SMILES string of the molecule is NC1(C(=O)NCCS(=O)(=O)N2CCSCC2)CC1. The first-order valence-corrected chi connectivity index (χ1v) is 8.83. The number of sulfonamides is 1. The van der Waals surface area contributed by atoms with Crippen molar-refractivity contribution in [2.75, 3.05) is 36.9 Å². The molecule has 6 nitrogen and oxygen atoms in total. The molecule has 0 radical (unpaired) electrons. The molecule has 18 heavy (non-hydrogen) atoms. The number of thioether (sulfide) groups is 1. The van der Waals surface area contributed by atoms with Crippen LogP contribution in [0.3, 0.4) is 0 Å². The van der Waals surface area contributed by atoms with Crippen molar-refractivity contribution in [3.8, 4) is 0 Å². The van der Waals surface area contributed by atoms with Crippen LogP contribution in [-0.2, 0) is 14.8 Å². The van der Waals surface area contributed by atoms with Gasteiger partial charge in [0.1, 0.15) is 0 Å². The molecule has 1 amide bonds. The summed E-state index contributed by atoms with van der Waals surface area (Å²) in [7, 11) is -3.24. The van der Waals surface area contributed by atoms with Crippen molar-refractivity contribution < 1.29 is 13.2 Å². The molecule has 0 spiro atoms. The summed E-state index contributed by atoms with van der Waals surface area (Å²) < 4.78 is 25.4. The summed E-state index contributed by atoms with van der Waals surface area (Å²) in [5.74, 6) is 1.42. The van der Waals surface area contributed by atoms with Gasteiger partial charge in [0.25, 0.3) is 0 Å². The Morgan fingerprint density at radius 3 is 2.50 bits per heavy atom. The van der Waals surface area contributed by atoms with Crippen molar-refractivity contribution in [1.82, 2.24) is 9.62 Å². The van der Waals surface area contributed by atoms with E-state index in [9.17, 15) is 13.2 Å². The molecule has 0 unspecified atom stereocenters. The fraction of sp³-hybridized carbons (Fsp3) is 0.900. The van der Waals surface area contributed by atoms with E-state index in [0.29, 0.717) is 25.9 Å². The topological polar surface area (TPSA) is 92.5 Å². The van der Waals surface area contributed by atoms with E-state index < -0.39 is 15.6 Å². The van der Waals surface area contributed by atoms with E-state index in [-0.39, 0.29) is 18.2 Å². The highest BCUT2D eigenvalue weighted by atomic mass is 32.2. The molecular formula is C10H19N3O3S2. The molecule has 1 saturated carbocycles. The minimum absolute atomic E-state index is 0.0422. The van der Waals surface area contributed by atoms with Crippen LogP contribution in [0.2, 0.25) is 0 Å². The molecular weight excluding hydrogens is 274 g/mol. The molecule has 2 rings (SSSR count). The molecule has 1 aliphatic heterocycles. The summed E-state index contributed by atoms with van der Waals surface area (Å²) in [6.45, 7) is 1.29. The molecule has 2 aliphatic rings. The lowest BCUT2D eigenvalue weighted by molar-refractivity contribution is -0.123. The normalized spacial score (nSPS) is 23.6. The minimum Gasteiger partial charge on any atom is -0.353 e. The van der Waals surface area contributed by atoms with E-state index in [1.807, 2.05) is 0 Å². The second-order valence-corrected chi connectivity index (χ2v) is 8.05. The van der Waals surface area contributed by atoms with Gasteiger partial charge in [-0.05, 0) is 12.8 Å². The fourth-order valence-electron chi connectivity index (χ4n) is 1.79. The molecule has 0 atom stereocenters. The second-order valence-electron chi connectivity index (χ2n) is 4.74. The Hall–Kier alpha value is -0.310. The zero-order valence-corrected chi connectivity index (χ0v) is 11.9. The molecule has 1 saturated heterocycles. The molecule has 1 aliphatic carbocycles. The zero-order valence-electron chi connectivity index (χ0n) is 10.2. The summed E-state index contributed by atoms with van der Waals surface area (Å²) in [6.07, 6.45) is 1.38. The van der Waals surface area contributed by atoms with Crippen LogP contribution in [-0.4, -0.2) is 61.1 Å². The highest BCUT2D eigenvalue weighted by Gasteiger charge is 2.45. The number of nitrogens with zero attached hydrogens (tertiary/aromatic N) is 1. The Bertz CT molecular complexity index is 414. The predicted molar refractivity (Wildman–Crippen MR) is 71.8 cm³/mol. The van der Waals surface area contributed by atoms with Crippen LogP contribution in [0.5, 0.6) is 0 Å². The lowest BCUT2D eigenvalue weighted by atomic mass is 10.3. The van der Waals surface area contributed by atoms with Crippen molar-refractivity contribution in [3.63, 3.8) is 0 Å². The van der Waals surface area contributed by atoms with Gasteiger partial charge in [-0.3, -0.25) is 4.79 Å². The first-order chi connectivity index (χ1) is 8.44. The van der Waals surface area contributed by atoms with Gasteiger partial charge in [0.2, 0.25) is 15.9 Å². The van der Waals surface area contributed by atoms with Crippen LogP contribution in [0.1, 0.15) is 12.8 Å². The van der Waals surface area contributed by atoms with E-state index >= 15 is 0 Å². The summed E-state index contributed by atoms with van der Waals surface area (Å²) in [5, 5.41) is 2.61. The number of hydrogen-bond donors (Lipinski definition) is 2. The standard InChI is InChI=1S/C10H19N3O3S2/c11-10(1-2-10)9(14)12-3-8-18(15,16)13-4-6-17-7-5-13/h1-8,11H2,(H,12,14). The maximum atomic E-state index is 12.0. The maximum Gasteiger partial charge on any atom is 0.240 e. The first-order valence-electron chi connectivity index (χ1n) is 6.07. The van der Waals surface area contributed by atoms with Crippen LogP contribution in [0, 0.1) is 0 Å². The summed E-state index contributed by atoms with van der Waals surface area (Å²) in [4.78, 5) is 11.5. The van der Waals surface area contributed by atoms with Gasteiger partial charge in [-0.25, -0.2) is 12.7 Å². The van der Waals surface area contributed by atoms with Crippen molar-refractivity contribution in [3.05, 3.63) is 0 Å². The zero-order chi connectivity index (χ0) is 13.2. The number of carbonyl (C=O) groups excluding carboxylic acids is 1. The van der Waals surface area contributed by atoms with Crippen LogP contribution >= 0.6 is 11.8 Å². The summed E-state index contributed by atoms with van der Waals surface area (Å²) >= 11 is 1.76. The number of hydrogen-bond acceptors (Lipinski definition) is 5. The number of nitrogens with two attached hydrogens (primary N) is 1. The third kappa shape index (κ3) is 3.37. The van der Waals surface area contributed by atoms with Crippen molar-refractivity contribution >= 4 is 27.7 Å². The van der Waals surface area contributed by atoms with Gasteiger partial charge in [0.05, 0.1) is 11.3 Å². The summed E-state index contributed by atoms with van der Waals surface area (Å²) in [6, 6.07) is 0. The number of rotatable bonds is 5. The third-order valence-corrected chi connectivity index (χ3v) is 6.06. The smallest absolute Gasteiger partial charge is 0.240 e. The van der Waals surface area contributed by atoms with Crippen molar-refractivity contribution in [2.45, 2.75) is 18.4 Å². The van der Waals surface area contributed by atoms with Gasteiger partial charge in [-0.2, -0.15) is 11.8 Å². The Kier molecular flexibility index (Phi) is 4.20. The molecule has 104 valence electrons. The van der Waals surface area contributed by atoms with Gasteiger partial charge >= 0.3 is 0 Å². The van der Waals surface area contributed by atoms with E-state index in [4.69, 9.17) is 5.73 Å². The highest BCUT2D eigenvalue weighted by Crippen LogP contribution is 2.31. The Labute approximate surface area is 112 Å². The molecule has 0 bridgehead atoms. The Morgan fingerprint density at radius 2 is 1.94 bits per heavy atom. The molecule has 0 aromatic rings. The van der Waals surface area contributed by atoms with Gasteiger partial charge in [-0.15, -0.1) is 0 Å². The lowest BCUT2D eigenvalue weighted by Gasteiger charge is -2.25. The van der Waals surface area contributed by atoms with Crippen LogP contribution < -0.4 is 11.1 Å². The second kappa shape index (κ2) is 5.36. The van der Waals surface area contributed by atoms with Crippen LogP contribution in [0.4, 0.5) is 0 Å². The Balaban J connectivity index is 1.76. The largest absolute Gasteiger partial charge is 0.353 e. The van der Waals surface area contributed by atoms with E-state index in [1.54, 1.807) is 11.8 Å². The lowest BCUT2D eigenvalue weighted by Crippen LogP contribution is -2.46. The average Bonchev–Trinajstić information content (AvgIpc) is 3.09. The maximum absolute atomic E-state index is 12.0. The Morgan fingerprint density at radius 1 is 1.33 bits per heavy atom. The van der Waals surface area contributed by atoms with Gasteiger partial charge < -0.3 is 11.1 Å². The van der Waals surface area contributed by atoms with Gasteiger partial charge in [0.15, 0.2) is 0 Å². The number of amides is 1. The molecule has 2 fully saturated rings. The van der Waals surface area contributed by atoms with Crippen LogP contribution in [0.15, 0.2) is 0 Å². The van der Waals surface area contributed by atoms with Gasteiger partial charge in [0, 0.05) is 31.1 Å². The number of carbonyl (C=O) groups is 1. The summed E-state index contributed by atoms with van der Waals surface area (Å²) in [5.41, 5.74) is 4.98. The highest BCUT2D eigenvalue weighted by molar-refractivity contribution is 7.99. The average molecular weight is 293 g/mol. The van der Waals surface area contributed by atoms with Gasteiger partial charge in [-0.1, -0.05) is 0 Å². The van der Waals surface area contributed by atoms with E-state index in [0.717, 1.165) is 11.5 Å². The van der Waals surface area contributed by atoms with E-state index in [1.165, 1.54) is 4.31 Å². The minimum atomic E-state index is -3.24. The molecule has 1 heterocycles. The quantitative estimate of drug-likeness (QED) is 0.676. The number of nitrogens with one attached hydrogen (secondary N) is 1. The molecule has 3 N–H and O–H groups in total. The van der Waals surface area contributed by atoms with Crippen molar-refractivity contribution in [1.29, 1.82) is 0 Å². The monoisotopic (exact) mass is 293 g/mol. The first kappa shape index (κ1) is 14.1. The molecule has 8 heteroatoms. The van der Waals surface area contributed by atoms with E-state index in [2.05, 4.69) is 5.32 Å². The predicted octanol–water partition coefficient (Wildman–Crippen LogP) is -1.03. The molecule has 0 aromatic heterocycles. The third-order valence-electron chi connectivity index (χ3n) is 3.25.